The normalized spacial score (nSPS) is 15.3. The Labute approximate surface area is 200 Å². The highest BCUT2D eigenvalue weighted by Crippen LogP contribution is 2.33. The lowest BCUT2D eigenvalue weighted by Crippen LogP contribution is -2.41. The molecule has 3 N–H and O–H groups in total. The maximum absolute atomic E-state index is 13.3. The van der Waals surface area contributed by atoms with Crippen molar-refractivity contribution in [2.24, 2.45) is 0 Å². The molecule has 34 heavy (non-hydrogen) atoms. The fourth-order valence-electron chi connectivity index (χ4n) is 3.86. The second-order valence-electron chi connectivity index (χ2n) is 7.91. The fourth-order valence-corrected chi connectivity index (χ4v) is 4.58. The van der Waals surface area contributed by atoms with Gasteiger partial charge < -0.3 is 5.84 Å². The van der Waals surface area contributed by atoms with Gasteiger partial charge in [0.1, 0.15) is 5.69 Å². The van der Waals surface area contributed by atoms with Crippen LogP contribution >= 0.6 is 11.8 Å². The van der Waals surface area contributed by atoms with Crippen molar-refractivity contribution in [3.63, 3.8) is 0 Å². The van der Waals surface area contributed by atoms with Gasteiger partial charge in [-0.1, -0.05) is 78.5 Å². The number of carbonyl (C=O) groups is 1. The molecule has 0 unspecified atom stereocenters. The van der Waals surface area contributed by atoms with E-state index in [0.29, 0.717) is 0 Å². The van der Waals surface area contributed by atoms with Crippen molar-refractivity contribution < 1.29 is 4.79 Å². The van der Waals surface area contributed by atoms with Gasteiger partial charge in [-0.3, -0.25) is 15.0 Å². The van der Waals surface area contributed by atoms with Gasteiger partial charge in [0, 0.05) is 0 Å². The zero-order valence-electron chi connectivity index (χ0n) is 18.4. The molecule has 1 aliphatic heterocycles. The molecule has 3 aromatic carbocycles. The molecule has 1 amide bonds. The van der Waals surface area contributed by atoms with Crippen molar-refractivity contribution in [3.05, 3.63) is 106 Å². The molecule has 0 saturated heterocycles. The van der Waals surface area contributed by atoms with Gasteiger partial charge in [0.15, 0.2) is 0 Å². The zero-order valence-corrected chi connectivity index (χ0v) is 19.2. The zero-order chi connectivity index (χ0) is 23.7. The molecular formula is C25H22N6O2S. The second kappa shape index (κ2) is 9.03. The summed E-state index contributed by atoms with van der Waals surface area (Å²) in [6.45, 7) is 1.54. The molecule has 170 valence electrons. The molecule has 0 radical (unpaired) electrons. The van der Waals surface area contributed by atoms with Crippen LogP contribution in [-0.4, -0.2) is 31.5 Å². The predicted molar refractivity (Wildman–Crippen MR) is 133 cm³/mol. The SMILES string of the molecule is Cc1nnc(SCC(=O)N2NC(c3ccc4ccccc4c3)=C[C@H]2c2ccccc2)n(N)c1=O. The number of aryl methyl sites for hydroxylation is 1. The molecule has 5 rings (SSSR count). The Bertz CT molecular complexity index is 1470. The van der Waals surface area contributed by atoms with Gasteiger partial charge in [0.05, 0.1) is 17.5 Å². The number of hydrogen-bond acceptors (Lipinski definition) is 7. The lowest BCUT2D eigenvalue weighted by molar-refractivity contribution is -0.131. The average Bonchev–Trinajstić information content (AvgIpc) is 3.33. The molecule has 0 aliphatic carbocycles. The highest BCUT2D eigenvalue weighted by Gasteiger charge is 2.31. The second-order valence-corrected chi connectivity index (χ2v) is 8.85. The van der Waals surface area contributed by atoms with Crippen LogP contribution in [0.25, 0.3) is 16.5 Å². The van der Waals surface area contributed by atoms with E-state index in [1.165, 1.54) is 6.92 Å². The van der Waals surface area contributed by atoms with E-state index in [4.69, 9.17) is 5.84 Å². The molecule has 8 nitrogen and oxygen atoms in total. The number of rotatable bonds is 5. The standard InChI is InChI=1S/C25H22N6O2S/c1-16-24(33)30(26)25(28-27-16)34-15-23(32)31-22(18-8-3-2-4-9-18)14-21(29-31)20-12-11-17-7-5-6-10-19(17)13-20/h2-14,22,29H,15,26H2,1H3/t22-/m0/s1. The first-order valence-electron chi connectivity index (χ1n) is 10.7. The highest BCUT2D eigenvalue weighted by molar-refractivity contribution is 7.99. The molecule has 0 saturated carbocycles. The quantitative estimate of drug-likeness (QED) is 0.341. The molecule has 9 heteroatoms. The van der Waals surface area contributed by atoms with Crippen LogP contribution in [0.15, 0.2) is 88.8 Å². The third-order valence-electron chi connectivity index (χ3n) is 5.66. The van der Waals surface area contributed by atoms with Crippen molar-refractivity contribution in [3.8, 4) is 0 Å². The minimum absolute atomic E-state index is 0.0313. The van der Waals surface area contributed by atoms with Crippen molar-refractivity contribution >= 4 is 34.1 Å². The number of amides is 1. The van der Waals surface area contributed by atoms with Gasteiger partial charge in [-0.05, 0) is 41.0 Å². The number of aromatic nitrogens is 3. The minimum atomic E-state index is -0.438. The summed E-state index contributed by atoms with van der Waals surface area (Å²) in [5.74, 6) is 5.67. The molecular weight excluding hydrogens is 448 g/mol. The van der Waals surface area contributed by atoms with Crippen LogP contribution in [-0.2, 0) is 4.79 Å². The fraction of sp³-hybridized carbons (Fsp3) is 0.120. The number of nitrogens with two attached hydrogens (primary N) is 1. The third kappa shape index (κ3) is 4.13. The molecule has 4 aromatic rings. The van der Waals surface area contributed by atoms with Gasteiger partial charge in [-0.25, -0.2) is 5.01 Å². The smallest absolute Gasteiger partial charge is 0.294 e. The van der Waals surface area contributed by atoms with Crippen LogP contribution < -0.4 is 16.8 Å². The Morgan fingerprint density at radius 2 is 1.76 bits per heavy atom. The summed E-state index contributed by atoms with van der Waals surface area (Å²) in [6, 6.07) is 23.9. The lowest BCUT2D eigenvalue weighted by atomic mass is 10.0. The summed E-state index contributed by atoms with van der Waals surface area (Å²) >= 11 is 1.07. The molecule has 1 aliphatic rings. The van der Waals surface area contributed by atoms with E-state index in [0.717, 1.165) is 44.0 Å². The van der Waals surface area contributed by atoms with Crippen LogP contribution in [0, 0.1) is 6.92 Å². The van der Waals surface area contributed by atoms with E-state index in [2.05, 4.69) is 39.9 Å². The van der Waals surface area contributed by atoms with E-state index >= 15 is 0 Å². The number of nitrogens with one attached hydrogen (secondary N) is 1. The number of benzene rings is 3. The van der Waals surface area contributed by atoms with Crippen molar-refractivity contribution in [1.29, 1.82) is 0 Å². The molecule has 1 aromatic heterocycles. The van der Waals surface area contributed by atoms with Gasteiger partial charge in [-0.15, -0.1) is 10.2 Å². The number of nitrogens with zero attached hydrogens (tertiary/aromatic N) is 4. The molecule has 0 spiro atoms. The van der Waals surface area contributed by atoms with Gasteiger partial charge in [0.25, 0.3) is 11.5 Å². The Kier molecular flexibility index (Phi) is 5.77. The number of hydrogen-bond donors (Lipinski definition) is 2. The lowest BCUT2D eigenvalue weighted by Gasteiger charge is -2.25. The number of nitrogen functional groups attached to an aromatic ring is 1. The number of fused-ring (bicyclic) bond motifs is 1. The number of carbonyl (C=O) groups excluding carboxylic acids is 1. The summed E-state index contributed by atoms with van der Waals surface area (Å²) < 4.78 is 0.922. The largest absolute Gasteiger partial charge is 0.334 e. The van der Waals surface area contributed by atoms with Crippen molar-refractivity contribution in [2.45, 2.75) is 18.1 Å². The van der Waals surface area contributed by atoms with Gasteiger partial charge in [-0.2, -0.15) is 4.68 Å². The monoisotopic (exact) mass is 470 g/mol. The van der Waals surface area contributed by atoms with Crippen molar-refractivity contribution in [2.75, 3.05) is 11.6 Å². The van der Waals surface area contributed by atoms with E-state index in [1.807, 2.05) is 54.6 Å². The summed E-state index contributed by atoms with van der Waals surface area (Å²) in [5.41, 5.74) is 5.87. The summed E-state index contributed by atoms with van der Waals surface area (Å²) in [7, 11) is 0. The Morgan fingerprint density at radius 3 is 2.56 bits per heavy atom. The van der Waals surface area contributed by atoms with Crippen molar-refractivity contribution in [1.82, 2.24) is 25.3 Å². The first kappa shape index (κ1) is 21.7. The van der Waals surface area contributed by atoms with Crippen LogP contribution in [0.3, 0.4) is 0 Å². The maximum Gasteiger partial charge on any atom is 0.294 e. The number of hydrazine groups is 1. The Balaban J connectivity index is 1.42. The Hall–Kier alpha value is -4.11. The maximum atomic E-state index is 13.3. The third-order valence-corrected chi connectivity index (χ3v) is 6.59. The molecule has 2 heterocycles. The van der Waals surface area contributed by atoms with E-state index in [9.17, 15) is 9.59 Å². The molecule has 0 bridgehead atoms. The summed E-state index contributed by atoms with van der Waals surface area (Å²) in [6.07, 6.45) is 2.05. The van der Waals surface area contributed by atoms with E-state index in [1.54, 1.807) is 5.01 Å². The van der Waals surface area contributed by atoms with Crippen LogP contribution in [0.2, 0.25) is 0 Å². The first-order chi connectivity index (χ1) is 16.5. The van der Waals surface area contributed by atoms with Gasteiger partial charge in [0.2, 0.25) is 5.16 Å². The Morgan fingerprint density at radius 1 is 1.03 bits per heavy atom. The molecule has 0 fully saturated rings. The van der Waals surface area contributed by atoms with Crippen LogP contribution in [0.4, 0.5) is 0 Å². The first-order valence-corrected chi connectivity index (χ1v) is 11.7. The predicted octanol–water partition coefficient (Wildman–Crippen LogP) is 3.04. The highest BCUT2D eigenvalue weighted by atomic mass is 32.2. The van der Waals surface area contributed by atoms with E-state index < -0.39 is 5.56 Å². The van der Waals surface area contributed by atoms with Crippen LogP contribution in [0.5, 0.6) is 0 Å². The minimum Gasteiger partial charge on any atom is -0.334 e. The van der Waals surface area contributed by atoms with Crippen LogP contribution in [0.1, 0.15) is 22.9 Å². The summed E-state index contributed by atoms with van der Waals surface area (Å²) in [5, 5.41) is 11.8. The average molecular weight is 471 g/mol. The van der Waals surface area contributed by atoms with Gasteiger partial charge >= 0.3 is 0 Å². The van der Waals surface area contributed by atoms with E-state index in [-0.39, 0.29) is 28.6 Å². The number of thioether (sulfide) groups is 1. The summed E-state index contributed by atoms with van der Waals surface area (Å²) in [4.78, 5) is 25.3. The topological polar surface area (TPSA) is 106 Å². The molecule has 1 atom stereocenters.